The van der Waals surface area contributed by atoms with E-state index in [2.05, 4.69) is 13.0 Å². The van der Waals surface area contributed by atoms with Crippen LogP contribution < -0.4 is 4.74 Å². The Morgan fingerprint density at radius 2 is 2.33 bits per heavy atom. The SMILES string of the molecule is CCc1ccc(OCCCO)s1. The maximum atomic E-state index is 8.52. The van der Waals surface area contributed by atoms with Crippen LogP contribution in [0.25, 0.3) is 0 Å². The molecule has 0 aliphatic carbocycles. The smallest absolute Gasteiger partial charge is 0.173 e. The van der Waals surface area contributed by atoms with Crippen LogP contribution in [0.4, 0.5) is 0 Å². The van der Waals surface area contributed by atoms with Gasteiger partial charge in [0.15, 0.2) is 5.06 Å². The van der Waals surface area contributed by atoms with Crippen molar-refractivity contribution in [3.05, 3.63) is 17.0 Å². The van der Waals surface area contributed by atoms with Gasteiger partial charge in [-0.2, -0.15) is 0 Å². The van der Waals surface area contributed by atoms with Crippen molar-refractivity contribution in [2.24, 2.45) is 0 Å². The molecule has 0 aliphatic rings. The number of aryl methyl sites for hydroxylation is 1. The lowest BCUT2D eigenvalue weighted by Gasteiger charge is -1.99. The number of aliphatic hydroxyl groups is 1. The quantitative estimate of drug-likeness (QED) is 0.713. The predicted octanol–water partition coefficient (Wildman–Crippen LogP) is 2.07. The van der Waals surface area contributed by atoms with Gasteiger partial charge >= 0.3 is 0 Å². The Kier molecular flexibility index (Phi) is 4.11. The third-order valence-corrected chi connectivity index (χ3v) is 2.67. The van der Waals surface area contributed by atoms with E-state index < -0.39 is 0 Å². The zero-order valence-electron chi connectivity index (χ0n) is 7.25. The molecular formula is C9H14O2S. The molecule has 0 fully saturated rings. The van der Waals surface area contributed by atoms with Gasteiger partial charge in [0.25, 0.3) is 0 Å². The van der Waals surface area contributed by atoms with Crippen molar-refractivity contribution in [2.75, 3.05) is 13.2 Å². The Morgan fingerprint density at radius 1 is 1.50 bits per heavy atom. The van der Waals surface area contributed by atoms with E-state index in [1.807, 2.05) is 6.07 Å². The van der Waals surface area contributed by atoms with Gasteiger partial charge in [0.1, 0.15) is 0 Å². The second-order valence-corrected chi connectivity index (χ2v) is 3.63. The van der Waals surface area contributed by atoms with E-state index in [0.29, 0.717) is 13.0 Å². The molecule has 3 heteroatoms. The third-order valence-electron chi connectivity index (χ3n) is 1.53. The zero-order chi connectivity index (χ0) is 8.81. The molecular weight excluding hydrogens is 172 g/mol. The van der Waals surface area contributed by atoms with Crippen molar-refractivity contribution >= 4 is 11.3 Å². The van der Waals surface area contributed by atoms with Crippen molar-refractivity contribution in [3.8, 4) is 5.06 Å². The van der Waals surface area contributed by atoms with Gasteiger partial charge in [-0.05, 0) is 18.6 Å². The summed E-state index contributed by atoms with van der Waals surface area (Å²) in [5, 5.41) is 9.48. The van der Waals surface area contributed by atoms with E-state index in [0.717, 1.165) is 11.5 Å². The maximum absolute atomic E-state index is 8.52. The fourth-order valence-corrected chi connectivity index (χ4v) is 1.68. The molecule has 0 atom stereocenters. The monoisotopic (exact) mass is 186 g/mol. The summed E-state index contributed by atoms with van der Waals surface area (Å²) in [7, 11) is 0. The minimum Gasteiger partial charge on any atom is -0.484 e. The average molecular weight is 186 g/mol. The van der Waals surface area contributed by atoms with Crippen LogP contribution in [-0.4, -0.2) is 18.3 Å². The van der Waals surface area contributed by atoms with Crippen LogP contribution in [0.1, 0.15) is 18.2 Å². The largest absolute Gasteiger partial charge is 0.484 e. The highest BCUT2D eigenvalue weighted by Crippen LogP contribution is 2.24. The van der Waals surface area contributed by atoms with Crippen LogP contribution in [0.5, 0.6) is 5.06 Å². The Bertz CT molecular complexity index is 220. The van der Waals surface area contributed by atoms with Crippen LogP contribution in [-0.2, 0) is 6.42 Å². The van der Waals surface area contributed by atoms with Gasteiger partial charge in [-0.15, -0.1) is 11.3 Å². The second-order valence-electron chi connectivity index (χ2n) is 2.50. The first kappa shape index (κ1) is 9.55. The molecule has 0 amide bonds. The number of thiophene rings is 1. The first-order chi connectivity index (χ1) is 5.86. The van der Waals surface area contributed by atoms with Crippen LogP contribution in [0.3, 0.4) is 0 Å². The number of rotatable bonds is 5. The van der Waals surface area contributed by atoms with E-state index in [-0.39, 0.29) is 6.61 Å². The molecule has 68 valence electrons. The number of ether oxygens (including phenoxy) is 1. The van der Waals surface area contributed by atoms with E-state index in [9.17, 15) is 0 Å². The summed E-state index contributed by atoms with van der Waals surface area (Å²) in [4.78, 5) is 1.34. The number of hydrogen-bond acceptors (Lipinski definition) is 3. The summed E-state index contributed by atoms with van der Waals surface area (Å²) in [6.45, 7) is 2.94. The predicted molar refractivity (Wildman–Crippen MR) is 50.9 cm³/mol. The van der Waals surface area contributed by atoms with Crippen molar-refractivity contribution in [3.63, 3.8) is 0 Å². The molecule has 2 nitrogen and oxygen atoms in total. The van der Waals surface area contributed by atoms with Gasteiger partial charge in [0.05, 0.1) is 6.61 Å². The molecule has 0 bridgehead atoms. The Labute approximate surface area is 76.8 Å². The first-order valence-corrected chi connectivity index (χ1v) is 5.01. The van der Waals surface area contributed by atoms with Crippen molar-refractivity contribution < 1.29 is 9.84 Å². The Morgan fingerprint density at radius 3 is 2.92 bits per heavy atom. The van der Waals surface area contributed by atoms with Crippen LogP contribution in [0.2, 0.25) is 0 Å². The van der Waals surface area contributed by atoms with Gasteiger partial charge in [0.2, 0.25) is 0 Å². The third kappa shape index (κ3) is 2.83. The molecule has 0 saturated heterocycles. The molecule has 1 aromatic heterocycles. The van der Waals surface area contributed by atoms with E-state index in [1.54, 1.807) is 11.3 Å². The molecule has 0 aromatic carbocycles. The van der Waals surface area contributed by atoms with E-state index in [4.69, 9.17) is 9.84 Å². The van der Waals surface area contributed by atoms with Crippen LogP contribution in [0, 0.1) is 0 Å². The lowest BCUT2D eigenvalue weighted by atomic mass is 10.4. The molecule has 0 radical (unpaired) electrons. The molecule has 1 heterocycles. The summed E-state index contributed by atoms with van der Waals surface area (Å²) in [6, 6.07) is 4.07. The highest BCUT2D eigenvalue weighted by atomic mass is 32.1. The van der Waals surface area contributed by atoms with E-state index >= 15 is 0 Å². The van der Waals surface area contributed by atoms with Gasteiger partial charge in [-0.1, -0.05) is 6.92 Å². The molecule has 1 N–H and O–H groups in total. The topological polar surface area (TPSA) is 29.5 Å². The highest BCUT2D eigenvalue weighted by Gasteiger charge is 1.97. The summed E-state index contributed by atoms with van der Waals surface area (Å²) >= 11 is 1.68. The molecule has 0 spiro atoms. The van der Waals surface area contributed by atoms with E-state index in [1.165, 1.54) is 4.88 Å². The lowest BCUT2D eigenvalue weighted by molar-refractivity contribution is 0.237. The van der Waals surface area contributed by atoms with Gasteiger partial charge in [-0.3, -0.25) is 0 Å². The van der Waals surface area contributed by atoms with Gasteiger partial charge < -0.3 is 9.84 Å². The van der Waals surface area contributed by atoms with Gasteiger partial charge in [0, 0.05) is 17.9 Å². The van der Waals surface area contributed by atoms with Crippen molar-refractivity contribution in [1.82, 2.24) is 0 Å². The molecule has 0 unspecified atom stereocenters. The molecule has 0 aliphatic heterocycles. The standard InChI is InChI=1S/C9H14O2S/c1-2-8-4-5-9(12-8)11-7-3-6-10/h4-5,10H,2-3,6-7H2,1H3. The van der Waals surface area contributed by atoms with Crippen molar-refractivity contribution in [1.29, 1.82) is 0 Å². The Balaban J connectivity index is 2.31. The summed E-state index contributed by atoms with van der Waals surface area (Å²) in [5.74, 6) is 0. The van der Waals surface area contributed by atoms with Crippen molar-refractivity contribution in [2.45, 2.75) is 19.8 Å². The highest BCUT2D eigenvalue weighted by molar-refractivity contribution is 7.13. The molecule has 1 aromatic rings. The van der Waals surface area contributed by atoms with Gasteiger partial charge in [-0.25, -0.2) is 0 Å². The first-order valence-electron chi connectivity index (χ1n) is 4.19. The summed E-state index contributed by atoms with van der Waals surface area (Å²) in [6.07, 6.45) is 1.77. The molecule has 1 rings (SSSR count). The maximum Gasteiger partial charge on any atom is 0.173 e. The second kappa shape index (κ2) is 5.17. The minimum atomic E-state index is 0.200. The van der Waals surface area contributed by atoms with Crippen LogP contribution in [0.15, 0.2) is 12.1 Å². The normalized spacial score (nSPS) is 10.2. The fourth-order valence-electron chi connectivity index (χ4n) is 0.863. The lowest BCUT2D eigenvalue weighted by Crippen LogP contribution is -1.97. The average Bonchev–Trinajstić information content (AvgIpc) is 2.53. The molecule has 12 heavy (non-hydrogen) atoms. The minimum absolute atomic E-state index is 0.200. The summed E-state index contributed by atoms with van der Waals surface area (Å²) in [5.41, 5.74) is 0. The van der Waals surface area contributed by atoms with Crippen LogP contribution >= 0.6 is 11.3 Å². The fraction of sp³-hybridized carbons (Fsp3) is 0.556. The zero-order valence-corrected chi connectivity index (χ0v) is 8.06. The Hall–Kier alpha value is -0.540. The number of aliphatic hydroxyl groups excluding tert-OH is 1. The molecule has 0 saturated carbocycles. The number of hydrogen-bond donors (Lipinski definition) is 1. The summed E-state index contributed by atoms with van der Waals surface area (Å²) < 4.78 is 5.39.